The average Bonchev–Trinajstić information content (AvgIpc) is 3.58. The molecule has 10 rings (SSSR count). The number of hydrogen-bond acceptors (Lipinski definition) is 3. The van der Waals surface area contributed by atoms with Crippen molar-refractivity contribution >= 4 is 60.7 Å². The second kappa shape index (κ2) is 12.4. The van der Waals surface area contributed by atoms with Crippen molar-refractivity contribution in [3.05, 3.63) is 194 Å². The Morgan fingerprint density at radius 1 is 0.385 bits per heavy atom. The lowest BCUT2D eigenvalue weighted by Gasteiger charge is -2.27. The maximum atomic E-state index is 6.25. The zero-order valence-corrected chi connectivity index (χ0v) is 28.3. The van der Waals surface area contributed by atoms with Crippen LogP contribution in [-0.2, 0) is 0 Å². The fraction of sp³-hybridized carbons (Fsp3) is 0. The Morgan fingerprint density at radius 2 is 0.981 bits per heavy atom. The number of hydrogen-bond donors (Lipinski definition) is 0. The summed E-state index contributed by atoms with van der Waals surface area (Å²) in [4.78, 5) is 7.16. The van der Waals surface area contributed by atoms with Crippen molar-refractivity contribution < 1.29 is 4.42 Å². The van der Waals surface area contributed by atoms with Crippen LogP contribution in [0.5, 0.6) is 0 Å². The van der Waals surface area contributed by atoms with Crippen LogP contribution in [-0.4, -0.2) is 4.98 Å². The van der Waals surface area contributed by atoms with Crippen LogP contribution in [0.3, 0.4) is 0 Å². The molecule has 3 nitrogen and oxygen atoms in total. The van der Waals surface area contributed by atoms with E-state index in [0.717, 1.165) is 49.9 Å². The number of aromatic nitrogens is 1. The second-order valence-corrected chi connectivity index (χ2v) is 13.2. The first-order valence-electron chi connectivity index (χ1n) is 17.6. The van der Waals surface area contributed by atoms with Crippen molar-refractivity contribution in [2.75, 3.05) is 4.90 Å². The maximum absolute atomic E-state index is 6.25. The molecule has 0 saturated carbocycles. The summed E-state index contributed by atoms with van der Waals surface area (Å²) in [6.07, 6.45) is 1.90. The second-order valence-electron chi connectivity index (χ2n) is 13.2. The average molecular weight is 665 g/mol. The summed E-state index contributed by atoms with van der Waals surface area (Å²) in [7, 11) is 0. The van der Waals surface area contributed by atoms with Gasteiger partial charge in [-0.1, -0.05) is 127 Å². The minimum atomic E-state index is 0.839. The molecule has 0 aliphatic heterocycles. The molecule has 0 saturated heterocycles. The Hall–Kier alpha value is -6.97. The zero-order valence-electron chi connectivity index (χ0n) is 28.3. The summed E-state index contributed by atoms with van der Waals surface area (Å²) in [6, 6.07) is 66.9. The van der Waals surface area contributed by atoms with Gasteiger partial charge in [0.25, 0.3) is 0 Å². The van der Waals surface area contributed by atoms with E-state index in [0.29, 0.717) is 0 Å². The highest BCUT2D eigenvalue weighted by Crippen LogP contribution is 2.43. The molecule has 0 atom stereocenters. The fourth-order valence-electron chi connectivity index (χ4n) is 7.54. The molecular weight excluding hydrogens is 633 g/mol. The van der Waals surface area contributed by atoms with Crippen LogP contribution in [0.15, 0.2) is 199 Å². The van der Waals surface area contributed by atoms with Crippen LogP contribution >= 0.6 is 0 Å². The maximum Gasteiger partial charge on any atom is 0.137 e. The first-order chi connectivity index (χ1) is 25.8. The fourth-order valence-corrected chi connectivity index (χ4v) is 7.54. The van der Waals surface area contributed by atoms with Gasteiger partial charge in [0, 0.05) is 39.8 Å². The van der Waals surface area contributed by atoms with Gasteiger partial charge in [-0.25, -0.2) is 0 Å². The van der Waals surface area contributed by atoms with Gasteiger partial charge in [-0.15, -0.1) is 0 Å². The van der Waals surface area contributed by atoms with Crippen LogP contribution in [0.4, 0.5) is 17.1 Å². The van der Waals surface area contributed by atoms with Gasteiger partial charge in [0.2, 0.25) is 0 Å². The number of furan rings is 1. The van der Waals surface area contributed by atoms with Crippen LogP contribution in [0.25, 0.3) is 77.0 Å². The summed E-state index contributed by atoms with van der Waals surface area (Å²) in [5.74, 6) is 0. The molecule has 0 aliphatic rings. The minimum Gasteiger partial charge on any atom is -0.456 e. The van der Waals surface area contributed by atoms with Crippen molar-refractivity contribution in [1.29, 1.82) is 0 Å². The molecule has 0 unspecified atom stereocenters. The molecule has 244 valence electrons. The van der Waals surface area contributed by atoms with E-state index in [2.05, 4.69) is 181 Å². The number of nitrogens with zero attached hydrogens (tertiary/aromatic N) is 2. The lowest BCUT2D eigenvalue weighted by atomic mass is 9.93. The van der Waals surface area contributed by atoms with Crippen molar-refractivity contribution in [2.45, 2.75) is 0 Å². The van der Waals surface area contributed by atoms with Crippen LogP contribution in [0.1, 0.15) is 0 Å². The Bertz CT molecular complexity index is 2880. The molecular formula is C49H32N2O. The Kier molecular flexibility index (Phi) is 7.14. The van der Waals surface area contributed by atoms with Crippen molar-refractivity contribution in [2.24, 2.45) is 0 Å². The highest BCUT2D eigenvalue weighted by Gasteiger charge is 2.19. The van der Waals surface area contributed by atoms with E-state index in [1.807, 2.05) is 18.3 Å². The summed E-state index contributed by atoms with van der Waals surface area (Å²) in [5, 5.41) is 5.70. The molecule has 10 aromatic rings. The predicted molar refractivity (Wildman–Crippen MR) is 218 cm³/mol. The van der Waals surface area contributed by atoms with Crippen molar-refractivity contribution in [3.8, 4) is 33.4 Å². The molecule has 52 heavy (non-hydrogen) atoms. The first-order valence-corrected chi connectivity index (χ1v) is 17.6. The van der Waals surface area contributed by atoms with Crippen LogP contribution < -0.4 is 4.90 Å². The summed E-state index contributed by atoms with van der Waals surface area (Å²) >= 11 is 0. The number of para-hydroxylation sites is 1. The molecule has 0 radical (unpaired) electrons. The third-order valence-corrected chi connectivity index (χ3v) is 10.1. The van der Waals surface area contributed by atoms with Gasteiger partial charge in [-0.2, -0.15) is 0 Å². The normalized spacial score (nSPS) is 11.5. The quantitative estimate of drug-likeness (QED) is 0.177. The van der Waals surface area contributed by atoms with Crippen molar-refractivity contribution in [3.63, 3.8) is 0 Å². The molecule has 0 aliphatic carbocycles. The lowest BCUT2D eigenvalue weighted by Crippen LogP contribution is -2.10. The lowest BCUT2D eigenvalue weighted by molar-refractivity contribution is 0.669. The highest BCUT2D eigenvalue weighted by molar-refractivity contribution is 6.12. The van der Waals surface area contributed by atoms with E-state index in [4.69, 9.17) is 9.40 Å². The molecule has 0 amide bonds. The first kappa shape index (κ1) is 29.9. The number of rotatable bonds is 6. The molecule has 2 aromatic heterocycles. The molecule has 2 heterocycles. The van der Waals surface area contributed by atoms with Gasteiger partial charge >= 0.3 is 0 Å². The van der Waals surface area contributed by atoms with E-state index >= 15 is 0 Å². The number of pyridine rings is 1. The molecule has 3 heteroatoms. The SMILES string of the molecule is c1ccc(-c2ccc(N(c3ccc(-c4cc(-c5ccccc5)cc5ccccc45)cc3)c3ccnc4cc5oc6ccccc6c5cc34)cc2)cc1. The zero-order chi connectivity index (χ0) is 34.4. The van der Waals surface area contributed by atoms with Crippen LogP contribution in [0, 0.1) is 0 Å². The molecule has 0 bridgehead atoms. The van der Waals surface area contributed by atoms with E-state index in [-0.39, 0.29) is 0 Å². The topological polar surface area (TPSA) is 29.3 Å². The molecule has 0 fully saturated rings. The van der Waals surface area contributed by atoms with E-state index in [9.17, 15) is 0 Å². The largest absolute Gasteiger partial charge is 0.456 e. The Morgan fingerprint density at radius 3 is 1.71 bits per heavy atom. The van der Waals surface area contributed by atoms with Crippen molar-refractivity contribution in [1.82, 2.24) is 4.98 Å². The van der Waals surface area contributed by atoms with Gasteiger partial charge in [-0.05, 0) is 98.8 Å². The third kappa shape index (κ3) is 5.19. The Balaban J connectivity index is 1.14. The van der Waals surface area contributed by atoms with E-state index in [1.54, 1.807) is 0 Å². The summed E-state index contributed by atoms with van der Waals surface area (Å²) in [6.45, 7) is 0. The van der Waals surface area contributed by atoms with Gasteiger partial charge in [0.15, 0.2) is 0 Å². The number of benzene rings is 8. The predicted octanol–water partition coefficient (Wildman–Crippen LogP) is 13.8. The van der Waals surface area contributed by atoms with E-state index < -0.39 is 0 Å². The minimum absolute atomic E-state index is 0.839. The number of anilines is 3. The highest BCUT2D eigenvalue weighted by atomic mass is 16.3. The number of fused-ring (bicyclic) bond motifs is 5. The molecule has 0 N–H and O–H groups in total. The molecule has 8 aromatic carbocycles. The van der Waals surface area contributed by atoms with Crippen LogP contribution in [0.2, 0.25) is 0 Å². The third-order valence-electron chi connectivity index (χ3n) is 10.1. The van der Waals surface area contributed by atoms with E-state index in [1.165, 1.54) is 44.2 Å². The molecule has 0 spiro atoms. The monoisotopic (exact) mass is 664 g/mol. The Labute approximate surface area is 301 Å². The summed E-state index contributed by atoms with van der Waals surface area (Å²) in [5.41, 5.74) is 12.9. The standard InChI is InChI=1S/C49H32N2O/c1-3-11-33(12-4-1)35-19-23-39(24-20-35)51(47-27-28-50-46-32-49-44(31-45(46)47)42-17-9-10-18-48(42)52-49)40-25-21-36(22-26-40)43-30-38(34-13-5-2-6-14-34)29-37-15-7-8-16-41(37)43/h1-32H. The summed E-state index contributed by atoms with van der Waals surface area (Å²) < 4.78 is 6.25. The van der Waals surface area contributed by atoms with Gasteiger partial charge < -0.3 is 9.32 Å². The van der Waals surface area contributed by atoms with Gasteiger partial charge in [0.05, 0.1) is 11.2 Å². The van der Waals surface area contributed by atoms with Gasteiger partial charge in [0.1, 0.15) is 11.2 Å². The smallest absolute Gasteiger partial charge is 0.137 e. The van der Waals surface area contributed by atoms with Gasteiger partial charge in [-0.3, -0.25) is 4.98 Å².